The average molecular weight is 216 g/mol. The topological polar surface area (TPSA) is 52.0 Å². The van der Waals surface area contributed by atoms with E-state index in [9.17, 15) is 0 Å². The molecule has 0 radical (unpaired) electrons. The Bertz CT molecular complexity index is 471. The summed E-state index contributed by atoms with van der Waals surface area (Å²) in [5.74, 6) is 0.667. The Morgan fingerprint density at radius 1 is 1.25 bits per heavy atom. The minimum atomic E-state index is 0.628. The van der Waals surface area contributed by atoms with Crippen molar-refractivity contribution in [2.24, 2.45) is 0 Å². The molecule has 0 atom stereocenters. The molecule has 3 heteroatoms. The first-order valence-corrected chi connectivity index (χ1v) is 5.53. The van der Waals surface area contributed by atoms with Gasteiger partial charge < -0.3 is 10.3 Å². The highest BCUT2D eigenvalue weighted by Gasteiger charge is 2.11. The number of rotatable bonds is 3. The first-order chi connectivity index (χ1) is 7.72. The van der Waals surface area contributed by atoms with Gasteiger partial charge in [0, 0.05) is 5.56 Å². The molecule has 84 valence electrons. The highest BCUT2D eigenvalue weighted by atomic mass is 16.5. The zero-order chi connectivity index (χ0) is 11.5. The standard InChI is InChI=1S/C13H16N2O/c1-3-4-10-5-7-11(8-6-10)13-12(14)9(2)15-16-13/h5-8H,3-4,14H2,1-2H3. The summed E-state index contributed by atoms with van der Waals surface area (Å²) in [7, 11) is 0. The molecular weight excluding hydrogens is 200 g/mol. The van der Waals surface area contributed by atoms with E-state index in [1.807, 2.05) is 19.1 Å². The molecule has 1 heterocycles. The van der Waals surface area contributed by atoms with Crippen LogP contribution in [0.15, 0.2) is 28.8 Å². The first kappa shape index (κ1) is 10.7. The number of aromatic nitrogens is 1. The van der Waals surface area contributed by atoms with Crippen molar-refractivity contribution in [1.82, 2.24) is 5.16 Å². The van der Waals surface area contributed by atoms with Crippen LogP contribution in [0.1, 0.15) is 24.6 Å². The van der Waals surface area contributed by atoms with Gasteiger partial charge in [0.25, 0.3) is 0 Å². The van der Waals surface area contributed by atoms with Gasteiger partial charge in [-0.2, -0.15) is 0 Å². The molecule has 2 N–H and O–H groups in total. The van der Waals surface area contributed by atoms with E-state index in [-0.39, 0.29) is 0 Å². The lowest BCUT2D eigenvalue weighted by atomic mass is 10.1. The third kappa shape index (κ3) is 1.94. The lowest BCUT2D eigenvalue weighted by molar-refractivity contribution is 0.427. The van der Waals surface area contributed by atoms with Crippen LogP contribution in [-0.2, 0) is 6.42 Å². The van der Waals surface area contributed by atoms with E-state index in [4.69, 9.17) is 10.3 Å². The Hall–Kier alpha value is -1.77. The second-order valence-electron chi connectivity index (χ2n) is 3.96. The van der Waals surface area contributed by atoms with Crippen molar-refractivity contribution in [3.05, 3.63) is 35.5 Å². The summed E-state index contributed by atoms with van der Waals surface area (Å²) in [6.45, 7) is 4.01. The zero-order valence-corrected chi connectivity index (χ0v) is 9.66. The fourth-order valence-corrected chi connectivity index (χ4v) is 1.70. The fraction of sp³-hybridized carbons (Fsp3) is 0.308. The number of nitrogens with zero attached hydrogens (tertiary/aromatic N) is 1. The lowest BCUT2D eigenvalue weighted by Crippen LogP contribution is -1.88. The van der Waals surface area contributed by atoms with Gasteiger partial charge in [0.05, 0.1) is 0 Å². The number of hydrogen-bond acceptors (Lipinski definition) is 3. The molecule has 2 aromatic rings. The van der Waals surface area contributed by atoms with Crippen molar-refractivity contribution >= 4 is 5.69 Å². The Labute approximate surface area is 95.3 Å². The van der Waals surface area contributed by atoms with E-state index < -0.39 is 0 Å². The van der Waals surface area contributed by atoms with Crippen LogP contribution in [0.25, 0.3) is 11.3 Å². The van der Waals surface area contributed by atoms with Gasteiger partial charge in [-0.1, -0.05) is 42.8 Å². The molecule has 1 aromatic carbocycles. The maximum atomic E-state index is 5.88. The van der Waals surface area contributed by atoms with Gasteiger partial charge in [-0.15, -0.1) is 0 Å². The smallest absolute Gasteiger partial charge is 0.189 e. The molecule has 0 spiro atoms. The van der Waals surface area contributed by atoms with Gasteiger partial charge in [0.2, 0.25) is 0 Å². The van der Waals surface area contributed by atoms with Crippen LogP contribution in [0.3, 0.4) is 0 Å². The van der Waals surface area contributed by atoms with Crippen LogP contribution in [0.5, 0.6) is 0 Å². The molecular formula is C13H16N2O. The Balaban J connectivity index is 2.31. The summed E-state index contributed by atoms with van der Waals surface area (Å²) >= 11 is 0. The van der Waals surface area contributed by atoms with Gasteiger partial charge in [-0.3, -0.25) is 0 Å². The van der Waals surface area contributed by atoms with Crippen molar-refractivity contribution in [3.63, 3.8) is 0 Å². The van der Waals surface area contributed by atoms with E-state index in [0.717, 1.165) is 24.1 Å². The predicted octanol–water partition coefficient (Wildman–Crippen LogP) is 3.18. The first-order valence-electron chi connectivity index (χ1n) is 5.53. The van der Waals surface area contributed by atoms with Crippen LogP contribution in [-0.4, -0.2) is 5.16 Å². The van der Waals surface area contributed by atoms with Crippen molar-refractivity contribution in [1.29, 1.82) is 0 Å². The van der Waals surface area contributed by atoms with Crippen LogP contribution >= 0.6 is 0 Å². The highest BCUT2D eigenvalue weighted by Crippen LogP contribution is 2.28. The van der Waals surface area contributed by atoms with Crippen LogP contribution in [0, 0.1) is 6.92 Å². The van der Waals surface area contributed by atoms with Crippen molar-refractivity contribution in [3.8, 4) is 11.3 Å². The Morgan fingerprint density at radius 3 is 2.44 bits per heavy atom. The summed E-state index contributed by atoms with van der Waals surface area (Å²) in [6, 6.07) is 8.27. The van der Waals surface area contributed by atoms with E-state index in [2.05, 4.69) is 24.2 Å². The third-order valence-electron chi connectivity index (χ3n) is 2.66. The number of nitrogen functional groups attached to an aromatic ring is 1. The van der Waals surface area contributed by atoms with Crippen LogP contribution < -0.4 is 5.73 Å². The second-order valence-corrected chi connectivity index (χ2v) is 3.96. The quantitative estimate of drug-likeness (QED) is 0.857. The van der Waals surface area contributed by atoms with E-state index in [0.29, 0.717) is 11.4 Å². The molecule has 0 saturated carbocycles. The maximum Gasteiger partial charge on any atom is 0.189 e. The molecule has 16 heavy (non-hydrogen) atoms. The van der Waals surface area contributed by atoms with Crippen molar-refractivity contribution in [2.45, 2.75) is 26.7 Å². The molecule has 2 rings (SSSR count). The lowest BCUT2D eigenvalue weighted by Gasteiger charge is -2.01. The predicted molar refractivity (Wildman–Crippen MR) is 65.1 cm³/mol. The van der Waals surface area contributed by atoms with Crippen LogP contribution in [0.4, 0.5) is 5.69 Å². The maximum absolute atomic E-state index is 5.88. The Kier molecular flexibility index (Phi) is 2.95. The number of benzene rings is 1. The van der Waals surface area contributed by atoms with Crippen molar-refractivity contribution in [2.75, 3.05) is 5.73 Å². The third-order valence-corrected chi connectivity index (χ3v) is 2.66. The van der Waals surface area contributed by atoms with E-state index in [1.165, 1.54) is 5.56 Å². The summed E-state index contributed by atoms with van der Waals surface area (Å²) < 4.78 is 5.21. The summed E-state index contributed by atoms with van der Waals surface area (Å²) in [5, 5.41) is 3.85. The van der Waals surface area contributed by atoms with Crippen LogP contribution in [0.2, 0.25) is 0 Å². The molecule has 0 amide bonds. The van der Waals surface area contributed by atoms with Gasteiger partial charge in [0.15, 0.2) is 5.76 Å². The monoisotopic (exact) mass is 216 g/mol. The van der Waals surface area contributed by atoms with E-state index >= 15 is 0 Å². The number of hydrogen-bond donors (Lipinski definition) is 1. The summed E-state index contributed by atoms with van der Waals surface area (Å²) in [5.41, 5.74) is 9.56. The van der Waals surface area contributed by atoms with Crippen molar-refractivity contribution < 1.29 is 4.52 Å². The number of anilines is 1. The minimum Gasteiger partial charge on any atom is -0.394 e. The largest absolute Gasteiger partial charge is 0.394 e. The number of nitrogens with two attached hydrogens (primary N) is 1. The second kappa shape index (κ2) is 4.39. The highest BCUT2D eigenvalue weighted by molar-refractivity contribution is 5.72. The number of aryl methyl sites for hydroxylation is 2. The molecule has 0 aliphatic carbocycles. The summed E-state index contributed by atoms with van der Waals surface area (Å²) in [4.78, 5) is 0. The van der Waals surface area contributed by atoms with Gasteiger partial charge >= 0.3 is 0 Å². The van der Waals surface area contributed by atoms with Gasteiger partial charge in [0.1, 0.15) is 11.4 Å². The molecule has 0 aliphatic rings. The molecule has 1 aromatic heterocycles. The molecule has 3 nitrogen and oxygen atoms in total. The molecule has 0 saturated heterocycles. The molecule has 0 fully saturated rings. The van der Waals surface area contributed by atoms with Gasteiger partial charge in [-0.05, 0) is 18.9 Å². The Morgan fingerprint density at radius 2 is 1.94 bits per heavy atom. The SMILES string of the molecule is CCCc1ccc(-c2onc(C)c2N)cc1. The molecule has 0 aliphatic heterocycles. The zero-order valence-electron chi connectivity index (χ0n) is 9.66. The summed E-state index contributed by atoms with van der Waals surface area (Å²) in [6.07, 6.45) is 2.26. The fourth-order valence-electron chi connectivity index (χ4n) is 1.70. The molecule has 0 bridgehead atoms. The van der Waals surface area contributed by atoms with Gasteiger partial charge in [-0.25, -0.2) is 0 Å². The normalized spacial score (nSPS) is 10.6. The average Bonchev–Trinajstić information content (AvgIpc) is 2.62. The minimum absolute atomic E-state index is 0.628. The molecule has 0 unspecified atom stereocenters. The van der Waals surface area contributed by atoms with E-state index in [1.54, 1.807) is 0 Å².